The number of alkyl halides is 3. The molecule has 0 fully saturated rings. The van der Waals surface area contributed by atoms with Gasteiger partial charge in [-0.1, -0.05) is 11.8 Å². The molecule has 0 heterocycles. The van der Waals surface area contributed by atoms with Gasteiger partial charge in [0.05, 0.1) is 5.56 Å². The van der Waals surface area contributed by atoms with Gasteiger partial charge in [0.1, 0.15) is 5.60 Å². The predicted molar refractivity (Wildman–Crippen MR) is 59.0 cm³/mol. The Morgan fingerprint density at radius 3 is 2.24 bits per heavy atom. The zero-order valence-electron chi connectivity index (χ0n) is 9.39. The van der Waals surface area contributed by atoms with E-state index in [0.717, 1.165) is 12.1 Å². The van der Waals surface area contributed by atoms with E-state index in [1.165, 1.54) is 19.9 Å². The number of nitrogen functional groups attached to an aromatic ring is 1. The average molecular weight is 243 g/mol. The van der Waals surface area contributed by atoms with E-state index in [1.54, 1.807) is 0 Å². The fourth-order valence-corrected chi connectivity index (χ4v) is 1.07. The Balaban J connectivity index is 3.10. The van der Waals surface area contributed by atoms with Crippen molar-refractivity contribution in [1.82, 2.24) is 0 Å². The maximum Gasteiger partial charge on any atom is 0.416 e. The summed E-state index contributed by atoms with van der Waals surface area (Å²) < 4.78 is 37.0. The summed E-state index contributed by atoms with van der Waals surface area (Å²) in [6.07, 6.45) is -4.42. The van der Waals surface area contributed by atoms with Crippen LogP contribution in [0.1, 0.15) is 25.0 Å². The van der Waals surface area contributed by atoms with E-state index >= 15 is 0 Å². The van der Waals surface area contributed by atoms with Gasteiger partial charge in [-0.25, -0.2) is 0 Å². The van der Waals surface area contributed by atoms with Gasteiger partial charge < -0.3 is 10.8 Å². The number of rotatable bonds is 0. The van der Waals surface area contributed by atoms with Gasteiger partial charge in [0.25, 0.3) is 0 Å². The molecule has 92 valence electrons. The second kappa shape index (κ2) is 4.30. The van der Waals surface area contributed by atoms with Crippen molar-refractivity contribution in [2.24, 2.45) is 0 Å². The first-order valence-corrected chi connectivity index (χ1v) is 4.82. The minimum atomic E-state index is -4.42. The number of halogens is 3. The van der Waals surface area contributed by atoms with Crippen molar-refractivity contribution in [3.05, 3.63) is 29.3 Å². The number of anilines is 1. The Kier molecular flexibility index (Phi) is 3.39. The number of nitrogens with two attached hydrogens (primary N) is 1. The smallest absolute Gasteiger partial charge is 0.398 e. The third-order valence-electron chi connectivity index (χ3n) is 1.88. The summed E-state index contributed by atoms with van der Waals surface area (Å²) in [5.41, 5.74) is 3.64. The van der Waals surface area contributed by atoms with Crippen LogP contribution in [-0.2, 0) is 6.18 Å². The summed E-state index contributed by atoms with van der Waals surface area (Å²) in [6, 6.07) is 2.93. The van der Waals surface area contributed by atoms with Crippen LogP contribution in [0.5, 0.6) is 0 Å². The Morgan fingerprint density at radius 1 is 1.24 bits per heavy atom. The molecule has 0 spiro atoms. The van der Waals surface area contributed by atoms with Gasteiger partial charge in [-0.15, -0.1) is 0 Å². The summed E-state index contributed by atoms with van der Waals surface area (Å²) in [6.45, 7) is 2.94. The maximum absolute atomic E-state index is 12.3. The molecule has 2 nitrogen and oxygen atoms in total. The molecule has 1 aromatic carbocycles. The first-order valence-electron chi connectivity index (χ1n) is 4.82. The van der Waals surface area contributed by atoms with Gasteiger partial charge in [-0.05, 0) is 32.0 Å². The van der Waals surface area contributed by atoms with Crippen molar-refractivity contribution in [3.8, 4) is 11.8 Å². The molecule has 17 heavy (non-hydrogen) atoms. The van der Waals surface area contributed by atoms with Crippen LogP contribution in [0.2, 0.25) is 0 Å². The van der Waals surface area contributed by atoms with Crippen LogP contribution >= 0.6 is 0 Å². The maximum atomic E-state index is 12.3. The Labute approximate surface area is 97.3 Å². The van der Waals surface area contributed by atoms with Gasteiger partial charge >= 0.3 is 6.18 Å². The summed E-state index contributed by atoms with van der Waals surface area (Å²) in [5, 5.41) is 9.36. The highest BCUT2D eigenvalue weighted by Gasteiger charge is 2.30. The number of hydrogen-bond donors (Lipinski definition) is 2. The normalized spacial score (nSPS) is 11.9. The lowest BCUT2D eigenvalue weighted by molar-refractivity contribution is -0.137. The fourth-order valence-electron chi connectivity index (χ4n) is 1.07. The molecule has 0 aliphatic carbocycles. The largest absolute Gasteiger partial charge is 0.416 e. The molecule has 0 aliphatic rings. The van der Waals surface area contributed by atoms with Crippen LogP contribution in [-0.4, -0.2) is 10.7 Å². The molecular formula is C12H12F3NO. The topological polar surface area (TPSA) is 46.2 Å². The molecule has 0 saturated heterocycles. The summed E-state index contributed by atoms with van der Waals surface area (Å²) >= 11 is 0. The fraction of sp³-hybridized carbons (Fsp3) is 0.333. The molecule has 0 unspecified atom stereocenters. The van der Waals surface area contributed by atoms with Gasteiger partial charge in [-0.2, -0.15) is 13.2 Å². The van der Waals surface area contributed by atoms with E-state index in [1.807, 2.05) is 0 Å². The molecular weight excluding hydrogens is 231 g/mol. The highest BCUT2D eigenvalue weighted by Crippen LogP contribution is 2.31. The van der Waals surface area contributed by atoms with Crippen molar-refractivity contribution >= 4 is 5.69 Å². The lowest BCUT2D eigenvalue weighted by Gasteiger charge is -2.09. The molecule has 1 rings (SSSR count). The molecule has 0 radical (unpaired) electrons. The van der Waals surface area contributed by atoms with Crippen LogP contribution < -0.4 is 5.73 Å². The van der Waals surface area contributed by atoms with Crippen molar-refractivity contribution in [3.63, 3.8) is 0 Å². The second-order valence-corrected chi connectivity index (χ2v) is 4.11. The number of hydrogen-bond acceptors (Lipinski definition) is 2. The first-order chi connectivity index (χ1) is 7.59. The molecule has 0 saturated carbocycles. The average Bonchev–Trinajstić information content (AvgIpc) is 2.12. The molecule has 0 amide bonds. The van der Waals surface area contributed by atoms with Crippen molar-refractivity contribution in [2.75, 3.05) is 5.73 Å². The molecule has 3 N–H and O–H groups in total. The van der Waals surface area contributed by atoms with E-state index in [2.05, 4.69) is 11.8 Å². The van der Waals surface area contributed by atoms with Gasteiger partial charge in [0.2, 0.25) is 0 Å². The summed E-state index contributed by atoms with van der Waals surface area (Å²) in [7, 11) is 0. The van der Waals surface area contributed by atoms with Gasteiger partial charge in [0.15, 0.2) is 0 Å². The van der Waals surface area contributed by atoms with E-state index in [4.69, 9.17) is 5.73 Å². The molecule has 0 aliphatic heterocycles. The SMILES string of the molecule is CC(C)(O)C#Cc1ccc(C(F)(F)F)cc1N. The molecule has 0 atom stereocenters. The van der Waals surface area contributed by atoms with E-state index < -0.39 is 17.3 Å². The zero-order valence-corrected chi connectivity index (χ0v) is 9.39. The highest BCUT2D eigenvalue weighted by atomic mass is 19.4. The van der Waals surface area contributed by atoms with Crippen LogP contribution in [0, 0.1) is 11.8 Å². The molecule has 5 heteroatoms. The quantitative estimate of drug-likeness (QED) is 0.543. The summed E-state index contributed by atoms with van der Waals surface area (Å²) in [5.74, 6) is 5.02. The third-order valence-corrected chi connectivity index (χ3v) is 1.88. The van der Waals surface area contributed by atoms with Crippen LogP contribution in [0.15, 0.2) is 18.2 Å². The third kappa shape index (κ3) is 4.00. The van der Waals surface area contributed by atoms with Crippen molar-refractivity contribution < 1.29 is 18.3 Å². The van der Waals surface area contributed by atoms with Crippen LogP contribution in [0.25, 0.3) is 0 Å². The predicted octanol–water partition coefficient (Wildman–Crippen LogP) is 2.41. The minimum Gasteiger partial charge on any atom is -0.398 e. The Hall–Kier alpha value is -1.67. The van der Waals surface area contributed by atoms with Crippen molar-refractivity contribution in [2.45, 2.75) is 25.6 Å². The van der Waals surface area contributed by atoms with Crippen LogP contribution in [0.4, 0.5) is 18.9 Å². The first kappa shape index (κ1) is 13.4. The van der Waals surface area contributed by atoms with Gasteiger partial charge in [0, 0.05) is 11.3 Å². The number of benzene rings is 1. The van der Waals surface area contributed by atoms with E-state index in [0.29, 0.717) is 0 Å². The second-order valence-electron chi connectivity index (χ2n) is 4.11. The Morgan fingerprint density at radius 2 is 1.82 bits per heavy atom. The lowest BCUT2D eigenvalue weighted by atomic mass is 10.1. The monoisotopic (exact) mass is 243 g/mol. The minimum absolute atomic E-state index is 0.0587. The Bertz CT molecular complexity index is 475. The number of aliphatic hydroxyl groups is 1. The van der Waals surface area contributed by atoms with E-state index in [-0.39, 0.29) is 11.3 Å². The summed E-state index contributed by atoms with van der Waals surface area (Å²) in [4.78, 5) is 0. The standard InChI is InChI=1S/C12H12F3NO/c1-11(2,17)6-5-8-3-4-9(7-10(8)16)12(13,14)15/h3-4,7,17H,16H2,1-2H3. The van der Waals surface area contributed by atoms with Crippen LogP contribution in [0.3, 0.4) is 0 Å². The lowest BCUT2D eigenvalue weighted by Crippen LogP contribution is -2.14. The van der Waals surface area contributed by atoms with Crippen molar-refractivity contribution in [1.29, 1.82) is 0 Å². The molecule has 0 aromatic heterocycles. The highest BCUT2D eigenvalue weighted by molar-refractivity contribution is 5.58. The zero-order chi connectivity index (χ0) is 13.3. The molecule has 1 aromatic rings. The molecule has 0 bridgehead atoms. The van der Waals surface area contributed by atoms with Gasteiger partial charge in [-0.3, -0.25) is 0 Å². The van der Waals surface area contributed by atoms with E-state index in [9.17, 15) is 18.3 Å².